The quantitative estimate of drug-likeness (QED) is 0.215. The van der Waals surface area contributed by atoms with Crippen LogP contribution in [0.4, 0.5) is 5.69 Å². The Balaban J connectivity index is 1.51. The van der Waals surface area contributed by atoms with Crippen LogP contribution < -0.4 is 9.64 Å². The molecule has 1 amide bonds. The summed E-state index contributed by atoms with van der Waals surface area (Å²) in [7, 11) is 0. The molecule has 0 bridgehead atoms. The number of ether oxygens (including phenoxy) is 1. The summed E-state index contributed by atoms with van der Waals surface area (Å²) in [4.78, 5) is 22.2. The Morgan fingerprint density at radius 2 is 2.06 bits per heavy atom. The van der Waals surface area contributed by atoms with Gasteiger partial charge in [0.15, 0.2) is 5.58 Å². The number of thioether (sulfide) groups is 1. The summed E-state index contributed by atoms with van der Waals surface area (Å²) in [6, 6.07) is 13.5. The molecule has 5 nitrogen and oxygen atoms in total. The van der Waals surface area contributed by atoms with Gasteiger partial charge in [-0.05, 0) is 51.1 Å². The SMILES string of the molecule is CCOc1ccc2c(c1)-c1sc(=S)sc1C(C)(C)N2C(=O)CSc1nc2ccccc2o1. The maximum Gasteiger partial charge on any atom is 0.257 e. The maximum atomic E-state index is 13.6. The second-order valence-electron chi connectivity index (χ2n) is 7.75. The molecule has 5 rings (SSSR count). The summed E-state index contributed by atoms with van der Waals surface area (Å²) in [5, 5.41) is 0.494. The Morgan fingerprint density at radius 1 is 1.25 bits per heavy atom. The highest BCUT2D eigenvalue weighted by molar-refractivity contribution is 7.99. The molecule has 2 aromatic carbocycles. The molecule has 4 aromatic rings. The van der Waals surface area contributed by atoms with Crippen LogP contribution in [0.25, 0.3) is 21.5 Å². The number of nitrogens with zero attached hydrogens (tertiary/aromatic N) is 2. The Morgan fingerprint density at radius 3 is 2.84 bits per heavy atom. The first-order valence-corrected chi connectivity index (χ1v) is 13.1. The predicted octanol–water partition coefficient (Wildman–Crippen LogP) is 7.12. The van der Waals surface area contributed by atoms with E-state index in [4.69, 9.17) is 21.4 Å². The van der Waals surface area contributed by atoms with E-state index in [0.29, 0.717) is 11.8 Å². The molecular formula is C23H20N2O3S4. The highest BCUT2D eigenvalue weighted by Crippen LogP contribution is 2.53. The summed E-state index contributed by atoms with van der Waals surface area (Å²) in [5.74, 6) is 0.991. The molecule has 0 unspecified atom stereocenters. The summed E-state index contributed by atoms with van der Waals surface area (Å²) < 4.78 is 12.4. The Hall–Kier alpha value is -2.20. The minimum atomic E-state index is -0.521. The average molecular weight is 501 g/mol. The number of amides is 1. The topological polar surface area (TPSA) is 55.6 Å². The minimum absolute atomic E-state index is 0.0114. The molecular weight excluding hydrogens is 481 g/mol. The van der Waals surface area contributed by atoms with Crippen LogP contribution >= 0.6 is 46.7 Å². The fourth-order valence-corrected chi connectivity index (χ4v) is 7.56. The Bertz CT molecular complexity index is 1350. The van der Waals surface area contributed by atoms with Gasteiger partial charge in [-0.25, -0.2) is 4.98 Å². The van der Waals surface area contributed by atoms with Crippen molar-refractivity contribution in [2.45, 2.75) is 31.5 Å². The molecule has 0 fully saturated rings. The third kappa shape index (κ3) is 3.67. The molecule has 1 aliphatic rings. The molecule has 9 heteroatoms. The summed E-state index contributed by atoms with van der Waals surface area (Å²) >= 11 is 10.0. The van der Waals surface area contributed by atoms with E-state index in [1.807, 2.05) is 54.3 Å². The van der Waals surface area contributed by atoms with Gasteiger partial charge in [0.25, 0.3) is 5.22 Å². The number of oxazole rings is 1. The monoisotopic (exact) mass is 500 g/mol. The number of hydrogen-bond acceptors (Lipinski definition) is 8. The van der Waals surface area contributed by atoms with Crippen molar-refractivity contribution in [1.29, 1.82) is 0 Å². The minimum Gasteiger partial charge on any atom is -0.494 e. The van der Waals surface area contributed by atoms with E-state index in [9.17, 15) is 4.79 Å². The fourth-order valence-electron chi connectivity index (χ4n) is 3.96. The lowest BCUT2D eigenvalue weighted by molar-refractivity contribution is -0.117. The number of carbonyl (C=O) groups excluding carboxylic acids is 1. The zero-order chi connectivity index (χ0) is 22.5. The van der Waals surface area contributed by atoms with Crippen molar-refractivity contribution in [1.82, 2.24) is 4.98 Å². The smallest absolute Gasteiger partial charge is 0.257 e. The van der Waals surface area contributed by atoms with Crippen molar-refractivity contribution in [3.05, 3.63) is 50.5 Å². The average Bonchev–Trinajstić information content (AvgIpc) is 3.36. The number of rotatable bonds is 5. The van der Waals surface area contributed by atoms with Crippen LogP contribution in [0.1, 0.15) is 25.6 Å². The van der Waals surface area contributed by atoms with Crippen LogP contribution in [0.5, 0.6) is 5.75 Å². The molecule has 0 N–H and O–H groups in total. The summed E-state index contributed by atoms with van der Waals surface area (Å²) in [6.07, 6.45) is 0. The zero-order valence-electron chi connectivity index (χ0n) is 17.7. The Kier molecular flexibility index (Phi) is 5.61. The lowest BCUT2D eigenvalue weighted by Gasteiger charge is -2.42. The molecule has 0 aliphatic carbocycles. The normalized spacial score (nSPS) is 14.3. The first kappa shape index (κ1) is 21.6. The predicted molar refractivity (Wildman–Crippen MR) is 135 cm³/mol. The van der Waals surface area contributed by atoms with E-state index in [0.717, 1.165) is 41.0 Å². The van der Waals surface area contributed by atoms with E-state index in [-0.39, 0.29) is 11.7 Å². The Labute approximate surface area is 203 Å². The number of fused-ring (bicyclic) bond motifs is 4. The first-order valence-electron chi connectivity index (χ1n) is 10.1. The molecule has 0 radical (unpaired) electrons. The van der Waals surface area contributed by atoms with Crippen molar-refractivity contribution in [2.75, 3.05) is 17.3 Å². The van der Waals surface area contributed by atoms with Gasteiger partial charge in [-0.1, -0.05) is 36.1 Å². The van der Waals surface area contributed by atoms with Gasteiger partial charge in [0.2, 0.25) is 5.91 Å². The number of hydrogen-bond donors (Lipinski definition) is 0. The van der Waals surface area contributed by atoms with Gasteiger partial charge in [0, 0.05) is 5.56 Å². The van der Waals surface area contributed by atoms with Crippen LogP contribution in [-0.4, -0.2) is 23.3 Å². The largest absolute Gasteiger partial charge is 0.494 e. The number of carbonyl (C=O) groups is 1. The zero-order valence-corrected chi connectivity index (χ0v) is 21.0. The molecule has 1 aliphatic heterocycles. The van der Waals surface area contributed by atoms with Gasteiger partial charge < -0.3 is 14.1 Å². The lowest BCUT2D eigenvalue weighted by atomic mass is 9.90. The van der Waals surface area contributed by atoms with Crippen LogP contribution in [-0.2, 0) is 10.3 Å². The molecule has 0 atom stereocenters. The summed E-state index contributed by atoms with van der Waals surface area (Å²) in [5.41, 5.74) is 2.85. The lowest BCUT2D eigenvalue weighted by Crippen LogP contribution is -2.48. The molecule has 2 aromatic heterocycles. The molecule has 164 valence electrons. The number of aromatic nitrogens is 1. The van der Waals surface area contributed by atoms with Crippen LogP contribution in [0.2, 0.25) is 0 Å². The molecule has 0 saturated carbocycles. The van der Waals surface area contributed by atoms with Crippen molar-refractivity contribution >= 4 is 69.3 Å². The van der Waals surface area contributed by atoms with E-state index in [2.05, 4.69) is 18.8 Å². The second kappa shape index (κ2) is 8.30. The van der Waals surface area contributed by atoms with E-state index in [1.54, 1.807) is 22.7 Å². The number of para-hydroxylation sites is 2. The first-order chi connectivity index (χ1) is 15.4. The third-order valence-electron chi connectivity index (χ3n) is 5.30. The molecule has 0 spiro atoms. The van der Waals surface area contributed by atoms with Gasteiger partial charge in [-0.15, -0.1) is 22.7 Å². The molecule has 32 heavy (non-hydrogen) atoms. The third-order valence-corrected chi connectivity index (χ3v) is 9.11. The van der Waals surface area contributed by atoms with E-state index >= 15 is 0 Å². The van der Waals surface area contributed by atoms with Crippen LogP contribution in [0.15, 0.2) is 52.1 Å². The van der Waals surface area contributed by atoms with Crippen molar-refractivity contribution < 1.29 is 13.9 Å². The van der Waals surface area contributed by atoms with Crippen molar-refractivity contribution in [2.24, 2.45) is 0 Å². The summed E-state index contributed by atoms with van der Waals surface area (Å²) in [6.45, 7) is 6.69. The van der Waals surface area contributed by atoms with Gasteiger partial charge in [-0.3, -0.25) is 4.79 Å². The molecule has 0 saturated heterocycles. The van der Waals surface area contributed by atoms with Gasteiger partial charge in [-0.2, -0.15) is 0 Å². The number of anilines is 1. The maximum absolute atomic E-state index is 13.6. The highest BCUT2D eigenvalue weighted by atomic mass is 32.2. The number of benzene rings is 2. The highest BCUT2D eigenvalue weighted by Gasteiger charge is 2.42. The van der Waals surface area contributed by atoms with Crippen molar-refractivity contribution in [3.8, 4) is 16.2 Å². The molecule has 3 heterocycles. The van der Waals surface area contributed by atoms with Crippen molar-refractivity contribution in [3.63, 3.8) is 0 Å². The second-order valence-corrected chi connectivity index (χ2v) is 11.9. The van der Waals surface area contributed by atoms with Crippen LogP contribution in [0.3, 0.4) is 0 Å². The van der Waals surface area contributed by atoms with Gasteiger partial charge in [0.1, 0.15) is 14.4 Å². The fraction of sp³-hybridized carbons (Fsp3) is 0.261. The standard InChI is InChI=1S/C23H20N2O3S4/c1-4-27-13-9-10-16-14(11-13)19-20(32-22(29)31-19)23(2,3)25(16)18(26)12-30-21-24-15-7-5-6-8-17(15)28-21/h5-11H,4,12H2,1-3H3. The van der Waals surface area contributed by atoms with Crippen LogP contribution in [0, 0.1) is 3.14 Å². The van der Waals surface area contributed by atoms with Gasteiger partial charge in [0.05, 0.1) is 33.3 Å². The van der Waals surface area contributed by atoms with E-state index < -0.39 is 5.54 Å². The van der Waals surface area contributed by atoms with Gasteiger partial charge >= 0.3 is 0 Å². The van der Waals surface area contributed by atoms with E-state index in [1.165, 1.54) is 11.8 Å².